The van der Waals surface area contributed by atoms with Crippen LogP contribution in [-0.4, -0.2) is 31.3 Å². The molecule has 4 aromatic rings. The maximum atomic E-state index is 13.0. The maximum absolute atomic E-state index is 13.0. The number of carbonyl (C=O) groups is 2. The van der Waals surface area contributed by atoms with Gasteiger partial charge in [-0.25, -0.2) is 4.90 Å². The largest absolute Gasteiger partial charge is 0.300 e. The van der Waals surface area contributed by atoms with E-state index in [4.69, 9.17) is 0 Å². The molecule has 0 atom stereocenters. The number of fused-ring (bicyclic) bond motifs is 3. The molecule has 0 spiro atoms. The molecule has 0 saturated carbocycles. The Morgan fingerprint density at radius 2 is 1.63 bits per heavy atom. The topological polar surface area (TPSA) is 128 Å². The summed E-state index contributed by atoms with van der Waals surface area (Å²) in [7, 11) is 0. The summed E-state index contributed by atoms with van der Waals surface area (Å²) in [5.41, 5.74) is 0.0746. The molecule has 146 valence electrons. The van der Waals surface area contributed by atoms with Crippen molar-refractivity contribution in [2.45, 2.75) is 0 Å². The number of amides is 2. The number of nitro groups is 1. The first kappa shape index (κ1) is 17.8. The molecule has 0 aliphatic carbocycles. The fraction of sp³-hybridized carbons (Fsp3) is 0. The summed E-state index contributed by atoms with van der Waals surface area (Å²) in [4.78, 5) is 53.7. The fourth-order valence-corrected chi connectivity index (χ4v) is 4.17. The minimum atomic E-state index is -0.646. The lowest BCUT2D eigenvalue weighted by atomic mass is 10.2. The molecule has 0 N–H and O–H groups in total. The van der Waals surface area contributed by atoms with Gasteiger partial charge in [0.2, 0.25) is 4.96 Å². The molecule has 10 nitrogen and oxygen atoms in total. The monoisotopic (exact) mass is 419 g/mol. The van der Waals surface area contributed by atoms with E-state index in [1.807, 2.05) is 0 Å². The lowest BCUT2D eigenvalue weighted by Gasteiger charge is -2.13. The van der Waals surface area contributed by atoms with Crippen molar-refractivity contribution in [3.8, 4) is 11.3 Å². The second-order valence-corrected chi connectivity index (χ2v) is 7.30. The Morgan fingerprint density at radius 3 is 2.30 bits per heavy atom. The normalized spacial score (nSPS) is 13.1. The van der Waals surface area contributed by atoms with Gasteiger partial charge in [-0.1, -0.05) is 41.7 Å². The highest BCUT2D eigenvalue weighted by atomic mass is 32.1. The number of rotatable bonds is 3. The number of hydrogen-bond acceptors (Lipinski definition) is 8. The van der Waals surface area contributed by atoms with Crippen LogP contribution in [0.3, 0.4) is 0 Å². The van der Waals surface area contributed by atoms with E-state index in [9.17, 15) is 24.5 Å². The van der Waals surface area contributed by atoms with E-state index in [1.165, 1.54) is 28.8 Å². The standard InChI is InChI=1S/C19H9N5O5S/c25-16-13(10-4-2-1-3-5-10)21-23-14-15(30-19(23)20-16)18(27)22(17(14)26)11-6-8-12(9-7-11)24(28)29/h1-9H. The van der Waals surface area contributed by atoms with Crippen LogP contribution in [0.25, 0.3) is 16.2 Å². The lowest BCUT2D eigenvalue weighted by molar-refractivity contribution is -0.384. The van der Waals surface area contributed by atoms with Crippen LogP contribution >= 0.6 is 11.3 Å². The third kappa shape index (κ3) is 2.53. The van der Waals surface area contributed by atoms with Crippen molar-refractivity contribution in [1.82, 2.24) is 14.6 Å². The van der Waals surface area contributed by atoms with Crippen LogP contribution < -0.4 is 10.5 Å². The van der Waals surface area contributed by atoms with E-state index in [0.717, 1.165) is 16.2 Å². The molecule has 0 fully saturated rings. The Bertz CT molecular complexity index is 1430. The van der Waals surface area contributed by atoms with Gasteiger partial charge in [-0.2, -0.15) is 14.6 Å². The Balaban J connectivity index is 1.64. The molecular formula is C19H9N5O5S. The average molecular weight is 419 g/mol. The smallest absolute Gasteiger partial charge is 0.267 e. The highest BCUT2D eigenvalue weighted by Crippen LogP contribution is 2.34. The van der Waals surface area contributed by atoms with Crippen molar-refractivity contribution in [2.75, 3.05) is 4.90 Å². The second kappa shape index (κ2) is 6.39. The van der Waals surface area contributed by atoms with Gasteiger partial charge in [-0.15, -0.1) is 0 Å². The van der Waals surface area contributed by atoms with Crippen LogP contribution in [0.5, 0.6) is 0 Å². The molecule has 0 saturated heterocycles. The Labute approximate surface area is 170 Å². The number of anilines is 1. The van der Waals surface area contributed by atoms with Gasteiger partial charge in [-0.3, -0.25) is 24.5 Å². The molecule has 1 aliphatic rings. The number of nitrogens with zero attached hydrogens (tertiary/aromatic N) is 5. The molecule has 0 radical (unpaired) electrons. The second-order valence-electron chi connectivity index (χ2n) is 6.32. The predicted octanol–water partition coefficient (Wildman–Crippen LogP) is 2.53. The van der Waals surface area contributed by atoms with Gasteiger partial charge >= 0.3 is 5.56 Å². The minimum Gasteiger partial charge on any atom is -0.267 e. The van der Waals surface area contributed by atoms with Gasteiger partial charge in [0.15, 0.2) is 11.4 Å². The molecule has 0 bridgehead atoms. The number of aromatic nitrogens is 3. The van der Waals surface area contributed by atoms with E-state index >= 15 is 0 Å². The number of imide groups is 1. The van der Waals surface area contributed by atoms with Crippen LogP contribution in [-0.2, 0) is 0 Å². The number of hydrogen-bond donors (Lipinski definition) is 0. The van der Waals surface area contributed by atoms with E-state index in [1.54, 1.807) is 30.3 Å². The predicted molar refractivity (Wildman–Crippen MR) is 107 cm³/mol. The summed E-state index contributed by atoms with van der Waals surface area (Å²) in [5, 5.41) is 15.1. The molecule has 0 unspecified atom stereocenters. The molecule has 2 aromatic heterocycles. The molecule has 30 heavy (non-hydrogen) atoms. The Kier molecular flexibility index (Phi) is 3.79. The summed E-state index contributed by atoms with van der Waals surface area (Å²) in [5.74, 6) is -1.25. The van der Waals surface area contributed by atoms with Crippen molar-refractivity contribution >= 4 is 39.5 Å². The highest BCUT2D eigenvalue weighted by molar-refractivity contribution is 7.19. The van der Waals surface area contributed by atoms with Crippen molar-refractivity contribution in [1.29, 1.82) is 0 Å². The molecule has 2 aromatic carbocycles. The van der Waals surface area contributed by atoms with Gasteiger partial charge in [0, 0.05) is 17.7 Å². The zero-order chi connectivity index (χ0) is 21.0. The van der Waals surface area contributed by atoms with Crippen molar-refractivity contribution in [3.63, 3.8) is 0 Å². The number of non-ortho nitro benzene ring substituents is 1. The van der Waals surface area contributed by atoms with Crippen LogP contribution in [0.4, 0.5) is 11.4 Å². The SMILES string of the molecule is O=C1c2sc3nc(=O)c(-c4ccccc4)nn3c2C(=O)N1c1ccc([N+](=O)[O-])cc1. The van der Waals surface area contributed by atoms with Crippen LogP contribution in [0.1, 0.15) is 20.2 Å². The summed E-state index contributed by atoms with van der Waals surface area (Å²) in [6.45, 7) is 0. The lowest BCUT2D eigenvalue weighted by Crippen LogP contribution is -2.30. The summed E-state index contributed by atoms with van der Waals surface area (Å²) in [6, 6.07) is 13.8. The van der Waals surface area contributed by atoms with E-state index in [2.05, 4.69) is 10.1 Å². The van der Waals surface area contributed by atoms with Crippen LogP contribution in [0.15, 0.2) is 59.4 Å². The Morgan fingerprint density at radius 1 is 0.933 bits per heavy atom. The number of thiazole rings is 1. The number of benzene rings is 2. The van der Waals surface area contributed by atoms with Crippen molar-refractivity contribution in [2.24, 2.45) is 0 Å². The average Bonchev–Trinajstić information content (AvgIpc) is 3.23. The van der Waals surface area contributed by atoms with Gasteiger partial charge in [0.1, 0.15) is 4.88 Å². The summed E-state index contributed by atoms with van der Waals surface area (Å²) >= 11 is 0.892. The quantitative estimate of drug-likeness (QED) is 0.283. The molecule has 1 aliphatic heterocycles. The molecular weight excluding hydrogens is 410 g/mol. The third-order valence-corrected chi connectivity index (χ3v) is 5.59. The highest BCUT2D eigenvalue weighted by Gasteiger charge is 2.42. The zero-order valence-corrected chi connectivity index (χ0v) is 15.7. The van der Waals surface area contributed by atoms with E-state index in [-0.39, 0.29) is 32.6 Å². The first-order valence-electron chi connectivity index (χ1n) is 8.58. The van der Waals surface area contributed by atoms with Crippen molar-refractivity contribution in [3.05, 3.63) is 85.6 Å². The van der Waals surface area contributed by atoms with Crippen LogP contribution in [0, 0.1) is 10.1 Å². The van der Waals surface area contributed by atoms with E-state index in [0.29, 0.717) is 5.56 Å². The van der Waals surface area contributed by atoms with Gasteiger partial charge in [-0.05, 0) is 12.1 Å². The Hall–Kier alpha value is -4.25. The first-order valence-corrected chi connectivity index (χ1v) is 9.40. The fourth-order valence-electron chi connectivity index (χ4n) is 3.19. The summed E-state index contributed by atoms with van der Waals surface area (Å²) in [6.07, 6.45) is 0. The number of nitro benzene ring substituents is 1. The number of carbonyl (C=O) groups excluding carboxylic acids is 2. The van der Waals surface area contributed by atoms with Crippen molar-refractivity contribution < 1.29 is 14.5 Å². The van der Waals surface area contributed by atoms with Gasteiger partial charge in [0.05, 0.1) is 10.6 Å². The first-order chi connectivity index (χ1) is 14.5. The van der Waals surface area contributed by atoms with E-state index < -0.39 is 22.3 Å². The van der Waals surface area contributed by atoms with Crippen LogP contribution in [0.2, 0.25) is 0 Å². The maximum Gasteiger partial charge on any atom is 0.300 e. The van der Waals surface area contributed by atoms with Gasteiger partial charge in [0.25, 0.3) is 17.5 Å². The molecule has 2 amide bonds. The molecule has 11 heteroatoms. The van der Waals surface area contributed by atoms with Gasteiger partial charge < -0.3 is 0 Å². The molecule has 3 heterocycles. The zero-order valence-electron chi connectivity index (χ0n) is 14.9. The third-order valence-electron chi connectivity index (χ3n) is 4.57. The summed E-state index contributed by atoms with van der Waals surface area (Å²) < 4.78 is 1.20. The molecule has 5 rings (SSSR count). The minimum absolute atomic E-state index is 0.00281.